The summed E-state index contributed by atoms with van der Waals surface area (Å²) in [5.74, 6) is 0.633. The number of nitrogens with one attached hydrogen (secondary N) is 1. The van der Waals surface area contributed by atoms with E-state index in [1.54, 1.807) is 0 Å². The number of aromatic nitrogens is 1. The van der Waals surface area contributed by atoms with Crippen LogP contribution in [0.15, 0.2) is 24.4 Å². The fourth-order valence-electron chi connectivity index (χ4n) is 3.10. The van der Waals surface area contributed by atoms with E-state index in [1.807, 2.05) is 12.1 Å². The molecule has 0 amide bonds. The van der Waals surface area contributed by atoms with Crippen LogP contribution in [0.2, 0.25) is 5.02 Å². The van der Waals surface area contributed by atoms with Crippen molar-refractivity contribution in [1.29, 1.82) is 0 Å². The van der Waals surface area contributed by atoms with Crippen molar-refractivity contribution in [3.63, 3.8) is 0 Å². The molecule has 3 N–H and O–H groups in total. The number of benzene rings is 1. The molecule has 0 radical (unpaired) electrons. The maximum atomic E-state index is 6.23. The van der Waals surface area contributed by atoms with E-state index in [-0.39, 0.29) is 0 Å². The molecule has 0 bridgehead atoms. The second-order valence-corrected chi connectivity index (χ2v) is 5.85. The Balaban J connectivity index is 1.86. The molecule has 1 aromatic carbocycles. The molecule has 3 heteroatoms. The van der Waals surface area contributed by atoms with Crippen molar-refractivity contribution in [3.8, 4) is 0 Å². The van der Waals surface area contributed by atoms with Crippen LogP contribution in [-0.4, -0.2) is 11.0 Å². The monoisotopic (exact) mass is 262 g/mol. The van der Waals surface area contributed by atoms with E-state index < -0.39 is 0 Å². The lowest BCUT2D eigenvalue weighted by Gasteiger charge is -2.28. The zero-order valence-electron chi connectivity index (χ0n) is 10.5. The number of H-pyrrole nitrogens is 1. The predicted octanol–water partition coefficient (Wildman–Crippen LogP) is 3.88. The second kappa shape index (κ2) is 4.94. The highest BCUT2D eigenvalue weighted by Gasteiger charge is 2.22. The molecule has 1 saturated carbocycles. The van der Waals surface area contributed by atoms with Crippen LogP contribution >= 0.6 is 11.6 Å². The summed E-state index contributed by atoms with van der Waals surface area (Å²) in [7, 11) is 0. The summed E-state index contributed by atoms with van der Waals surface area (Å²) >= 11 is 6.00. The van der Waals surface area contributed by atoms with Crippen LogP contribution in [0.4, 0.5) is 0 Å². The number of hydrogen-bond donors (Lipinski definition) is 2. The summed E-state index contributed by atoms with van der Waals surface area (Å²) in [6.07, 6.45) is 8.26. The molecular formula is C15H19ClN2. The van der Waals surface area contributed by atoms with Crippen LogP contribution in [0, 0.1) is 5.92 Å². The highest BCUT2D eigenvalue weighted by Crippen LogP contribution is 2.29. The van der Waals surface area contributed by atoms with Crippen LogP contribution in [0.25, 0.3) is 10.9 Å². The molecule has 2 aromatic rings. The number of fused-ring (bicyclic) bond motifs is 1. The van der Waals surface area contributed by atoms with Gasteiger partial charge in [0.05, 0.1) is 0 Å². The number of nitrogens with two attached hydrogens (primary N) is 1. The normalized spacial score (nSPS) is 24.6. The highest BCUT2D eigenvalue weighted by molar-refractivity contribution is 6.31. The third kappa shape index (κ3) is 2.27. The number of hydrogen-bond acceptors (Lipinski definition) is 1. The first-order valence-electron chi connectivity index (χ1n) is 6.75. The first kappa shape index (κ1) is 12.1. The van der Waals surface area contributed by atoms with Crippen molar-refractivity contribution in [2.45, 2.75) is 38.1 Å². The summed E-state index contributed by atoms with van der Waals surface area (Å²) in [6, 6.07) is 6.43. The maximum absolute atomic E-state index is 6.23. The lowest BCUT2D eigenvalue weighted by Crippen LogP contribution is -2.34. The molecule has 1 heterocycles. The molecule has 0 spiro atoms. The average molecular weight is 263 g/mol. The summed E-state index contributed by atoms with van der Waals surface area (Å²) in [5.41, 5.74) is 8.74. The van der Waals surface area contributed by atoms with Gasteiger partial charge < -0.3 is 10.7 Å². The SMILES string of the molecule is NC1CCCCC1Cc1c[nH]c2cc(Cl)ccc12. The van der Waals surface area contributed by atoms with Crippen molar-refractivity contribution in [2.75, 3.05) is 0 Å². The number of halogens is 1. The molecule has 0 aliphatic heterocycles. The van der Waals surface area contributed by atoms with Gasteiger partial charge in [-0.1, -0.05) is 30.5 Å². The molecule has 3 rings (SSSR count). The van der Waals surface area contributed by atoms with E-state index in [2.05, 4.69) is 17.2 Å². The zero-order chi connectivity index (χ0) is 12.5. The summed E-state index contributed by atoms with van der Waals surface area (Å²) in [6.45, 7) is 0. The third-order valence-electron chi connectivity index (χ3n) is 4.18. The Morgan fingerprint density at radius 2 is 2.11 bits per heavy atom. The minimum absolute atomic E-state index is 0.371. The van der Waals surface area contributed by atoms with E-state index in [0.717, 1.165) is 17.0 Å². The van der Waals surface area contributed by atoms with Crippen molar-refractivity contribution >= 4 is 22.5 Å². The van der Waals surface area contributed by atoms with Gasteiger partial charge in [-0.15, -0.1) is 0 Å². The van der Waals surface area contributed by atoms with E-state index >= 15 is 0 Å². The molecule has 1 aliphatic carbocycles. The zero-order valence-corrected chi connectivity index (χ0v) is 11.2. The minimum atomic E-state index is 0.371. The van der Waals surface area contributed by atoms with Crippen molar-refractivity contribution in [3.05, 3.63) is 35.0 Å². The molecule has 1 aliphatic rings. The van der Waals surface area contributed by atoms with E-state index in [4.69, 9.17) is 17.3 Å². The van der Waals surface area contributed by atoms with Crippen molar-refractivity contribution < 1.29 is 0 Å². The average Bonchev–Trinajstić information content (AvgIpc) is 2.74. The molecule has 96 valence electrons. The third-order valence-corrected chi connectivity index (χ3v) is 4.41. The van der Waals surface area contributed by atoms with Crippen LogP contribution in [0.5, 0.6) is 0 Å². The van der Waals surface area contributed by atoms with Crippen LogP contribution in [-0.2, 0) is 6.42 Å². The molecule has 2 atom stereocenters. The minimum Gasteiger partial charge on any atom is -0.361 e. The van der Waals surface area contributed by atoms with E-state index in [9.17, 15) is 0 Å². The van der Waals surface area contributed by atoms with Crippen LogP contribution < -0.4 is 5.73 Å². The molecular weight excluding hydrogens is 244 g/mol. The largest absolute Gasteiger partial charge is 0.361 e. The second-order valence-electron chi connectivity index (χ2n) is 5.42. The summed E-state index contributed by atoms with van der Waals surface area (Å²) in [4.78, 5) is 3.31. The number of aromatic amines is 1. The van der Waals surface area contributed by atoms with Gasteiger partial charge in [0.2, 0.25) is 0 Å². The van der Waals surface area contributed by atoms with Gasteiger partial charge in [-0.2, -0.15) is 0 Å². The Morgan fingerprint density at radius 3 is 2.94 bits per heavy atom. The Hall–Kier alpha value is -0.990. The highest BCUT2D eigenvalue weighted by atomic mass is 35.5. The van der Waals surface area contributed by atoms with E-state index in [0.29, 0.717) is 12.0 Å². The lowest BCUT2D eigenvalue weighted by atomic mass is 9.81. The first-order chi connectivity index (χ1) is 8.74. The quantitative estimate of drug-likeness (QED) is 0.847. The Morgan fingerprint density at radius 1 is 1.28 bits per heavy atom. The van der Waals surface area contributed by atoms with Gasteiger partial charge in [-0.05, 0) is 42.9 Å². The van der Waals surface area contributed by atoms with Crippen molar-refractivity contribution in [2.24, 2.45) is 11.7 Å². The standard InChI is InChI=1S/C15H19ClN2/c16-12-5-6-13-11(9-18-15(13)8-12)7-10-3-1-2-4-14(10)17/h5-6,8-10,14,18H,1-4,7,17H2. The van der Waals surface area contributed by atoms with Crippen LogP contribution in [0.3, 0.4) is 0 Å². The van der Waals surface area contributed by atoms with Crippen LogP contribution in [0.1, 0.15) is 31.2 Å². The molecule has 0 saturated heterocycles. The molecule has 2 unspecified atom stereocenters. The van der Waals surface area contributed by atoms with Gasteiger partial charge in [-0.25, -0.2) is 0 Å². The lowest BCUT2D eigenvalue weighted by molar-refractivity contribution is 0.307. The topological polar surface area (TPSA) is 41.8 Å². The Labute approximate surface area is 113 Å². The van der Waals surface area contributed by atoms with Gasteiger partial charge in [0.25, 0.3) is 0 Å². The van der Waals surface area contributed by atoms with E-state index in [1.165, 1.54) is 36.6 Å². The van der Waals surface area contributed by atoms with Gasteiger partial charge in [0.15, 0.2) is 0 Å². The number of rotatable bonds is 2. The van der Waals surface area contributed by atoms with Gasteiger partial charge >= 0.3 is 0 Å². The smallest absolute Gasteiger partial charge is 0.0471 e. The Bertz CT molecular complexity index is 546. The molecule has 1 aromatic heterocycles. The summed E-state index contributed by atoms with van der Waals surface area (Å²) in [5, 5.41) is 2.07. The first-order valence-corrected chi connectivity index (χ1v) is 7.13. The van der Waals surface area contributed by atoms with Gasteiger partial charge in [0.1, 0.15) is 0 Å². The molecule has 2 nitrogen and oxygen atoms in total. The van der Waals surface area contributed by atoms with Gasteiger partial charge in [0, 0.05) is 28.2 Å². The summed E-state index contributed by atoms with van der Waals surface area (Å²) < 4.78 is 0. The predicted molar refractivity (Wildman–Crippen MR) is 76.9 cm³/mol. The van der Waals surface area contributed by atoms with Crippen molar-refractivity contribution in [1.82, 2.24) is 4.98 Å². The molecule has 18 heavy (non-hydrogen) atoms. The molecule has 1 fully saturated rings. The maximum Gasteiger partial charge on any atom is 0.0471 e. The fraction of sp³-hybridized carbons (Fsp3) is 0.467. The fourth-order valence-corrected chi connectivity index (χ4v) is 3.27. The van der Waals surface area contributed by atoms with Gasteiger partial charge in [-0.3, -0.25) is 0 Å². The Kier molecular flexibility index (Phi) is 3.31.